The van der Waals surface area contributed by atoms with Crippen molar-refractivity contribution in [2.24, 2.45) is 0 Å². The number of carbonyl (C=O) groups excluding carboxylic acids is 2. The third-order valence-electron chi connectivity index (χ3n) is 6.06. The first-order valence-electron chi connectivity index (χ1n) is 11.4. The Balaban J connectivity index is 1.71. The Morgan fingerprint density at radius 2 is 1.61 bits per heavy atom. The van der Waals surface area contributed by atoms with Crippen LogP contribution in [0.1, 0.15) is 42.1 Å². The smallest absolute Gasteiger partial charge is 0.253 e. The van der Waals surface area contributed by atoms with Gasteiger partial charge in [-0.1, -0.05) is 43.3 Å². The van der Waals surface area contributed by atoms with Gasteiger partial charge in [0.25, 0.3) is 5.91 Å². The zero-order valence-corrected chi connectivity index (χ0v) is 20.4. The van der Waals surface area contributed by atoms with Crippen molar-refractivity contribution >= 4 is 27.5 Å². The van der Waals surface area contributed by atoms with Gasteiger partial charge in [-0.25, -0.2) is 8.42 Å². The first-order chi connectivity index (χ1) is 15.7. The molecule has 178 valence electrons. The van der Waals surface area contributed by atoms with Gasteiger partial charge in [-0.3, -0.25) is 13.9 Å². The number of amides is 2. The molecule has 1 fully saturated rings. The molecule has 0 aliphatic carbocycles. The summed E-state index contributed by atoms with van der Waals surface area (Å²) in [6, 6.07) is 16.4. The van der Waals surface area contributed by atoms with Crippen molar-refractivity contribution in [3.8, 4) is 0 Å². The van der Waals surface area contributed by atoms with Crippen molar-refractivity contribution in [3.63, 3.8) is 0 Å². The van der Waals surface area contributed by atoms with E-state index in [-0.39, 0.29) is 24.4 Å². The van der Waals surface area contributed by atoms with Gasteiger partial charge in [0.05, 0.1) is 11.9 Å². The van der Waals surface area contributed by atoms with Gasteiger partial charge in [0.1, 0.15) is 6.54 Å². The van der Waals surface area contributed by atoms with E-state index in [1.165, 1.54) is 4.31 Å². The number of nitrogens with zero attached hydrogens (tertiary/aromatic N) is 3. The number of para-hydroxylation sites is 1. The number of benzene rings is 2. The minimum absolute atomic E-state index is 0.00484. The number of aryl methyl sites for hydroxylation is 1. The van der Waals surface area contributed by atoms with Crippen LogP contribution in [0.25, 0.3) is 0 Å². The van der Waals surface area contributed by atoms with Crippen LogP contribution in [-0.2, 0) is 14.8 Å². The number of hydrogen-bond acceptors (Lipinski definition) is 4. The molecule has 2 amide bonds. The highest BCUT2D eigenvalue weighted by Gasteiger charge is 2.32. The molecule has 2 aromatic carbocycles. The molecule has 3 rings (SSSR count). The first-order valence-corrected chi connectivity index (χ1v) is 13.2. The molecule has 0 spiro atoms. The quantitative estimate of drug-likeness (QED) is 0.592. The number of hydrogen-bond donors (Lipinski definition) is 0. The van der Waals surface area contributed by atoms with Crippen molar-refractivity contribution in [1.82, 2.24) is 9.80 Å². The van der Waals surface area contributed by atoms with Gasteiger partial charge in [0, 0.05) is 31.2 Å². The summed E-state index contributed by atoms with van der Waals surface area (Å²) < 4.78 is 26.3. The molecule has 2 aromatic rings. The Hall–Kier alpha value is -2.87. The molecule has 0 radical (unpaired) electrons. The standard InChI is InChI=1S/C25H33N3O4S/c1-4-16-27(22-14-17-26(18-15-22)25(30)21-11-6-5-7-12-21)24(29)19-28(33(3,31)32)23-13-9-8-10-20(23)2/h5-13,22H,4,14-19H2,1-3H3. The first kappa shape index (κ1) is 24.8. The maximum absolute atomic E-state index is 13.4. The van der Waals surface area contributed by atoms with Crippen LogP contribution in [0.4, 0.5) is 5.69 Å². The van der Waals surface area contributed by atoms with Crippen molar-refractivity contribution in [3.05, 3.63) is 65.7 Å². The lowest BCUT2D eigenvalue weighted by molar-refractivity contribution is -0.132. The van der Waals surface area contributed by atoms with Crippen LogP contribution in [0.3, 0.4) is 0 Å². The highest BCUT2D eigenvalue weighted by atomic mass is 32.2. The average Bonchev–Trinajstić information content (AvgIpc) is 2.81. The van der Waals surface area contributed by atoms with Gasteiger partial charge in [0.15, 0.2) is 0 Å². The normalized spacial score (nSPS) is 14.7. The van der Waals surface area contributed by atoms with Gasteiger partial charge < -0.3 is 9.80 Å². The molecule has 0 unspecified atom stereocenters. The molecule has 1 aliphatic heterocycles. The van der Waals surface area contributed by atoms with E-state index in [2.05, 4.69) is 0 Å². The fraction of sp³-hybridized carbons (Fsp3) is 0.440. The zero-order valence-electron chi connectivity index (χ0n) is 19.6. The summed E-state index contributed by atoms with van der Waals surface area (Å²) in [5, 5.41) is 0. The lowest BCUT2D eigenvalue weighted by Crippen LogP contribution is -2.52. The Bertz CT molecular complexity index is 1060. The lowest BCUT2D eigenvalue weighted by Gasteiger charge is -2.39. The summed E-state index contributed by atoms with van der Waals surface area (Å²) in [6.45, 7) is 5.30. The summed E-state index contributed by atoms with van der Waals surface area (Å²) in [5.74, 6) is -0.205. The molecule has 1 aliphatic rings. The van der Waals surface area contributed by atoms with E-state index in [0.717, 1.165) is 18.2 Å². The highest BCUT2D eigenvalue weighted by Crippen LogP contribution is 2.24. The highest BCUT2D eigenvalue weighted by molar-refractivity contribution is 7.92. The van der Waals surface area contributed by atoms with Gasteiger partial charge in [-0.05, 0) is 49.9 Å². The van der Waals surface area contributed by atoms with E-state index in [1.807, 2.05) is 61.2 Å². The largest absolute Gasteiger partial charge is 0.338 e. The van der Waals surface area contributed by atoms with Crippen LogP contribution < -0.4 is 4.31 Å². The SMILES string of the molecule is CCCN(C(=O)CN(c1ccccc1C)S(C)(=O)=O)C1CCN(C(=O)c2ccccc2)CC1. The van der Waals surface area contributed by atoms with Crippen LogP contribution >= 0.6 is 0 Å². The average molecular weight is 472 g/mol. The second-order valence-corrected chi connectivity index (χ2v) is 10.4. The van der Waals surface area contributed by atoms with Crippen molar-refractivity contribution in [2.75, 3.05) is 36.7 Å². The number of carbonyl (C=O) groups is 2. The Kier molecular flexibility index (Phi) is 8.13. The molecule has 0 aromatic heterocycles. The molecule has 1 heterocycles. The Labute approximate surface area is 197 Å². The molecular weight excluding hydrogens is 438 g/mol. The zero-order chi connectivity index (χ0) is 24.0. The lowest BCUT2D eigenvalue weighted by atomic mass is 10.0. The predicted octanol–water partition coefficient (Wildman–Crippen LogP) is 3.30. The minimum Gasteiger partial charge on any atom is -0.338 e. The number of rotatable bonds is 8. The van der Waals surface area contributed by atoms with E-state index in [0.29, 0.717) is 43.7 Å². The van der Waals surface area contributed by atoms with E-state index in [1.54, 1.807) is 17.0 Å². The maximum atomic E-state index is 13.4. The van der Waals surface area contributed by atoms with E-state index in [4.69, 9.17) is 0 Å². The van der Waals surface area contributed by atoms with E-state index in [9.17, 15) is 18.0 Å². The molecule has 0 N–H and O–H groups in total. The molecule has 0 bridgehead atoms. The topological polar surface area (TPSA) is 78.0 Å². The maximum Gasteiger partial charge on any atom is 0.253 e. The number of sulfonamides is 1. The number of likely N-dealkylation sites (tertiary alicyclic amines) is 1. The summed E-state index contributed by atoms with van der Waals surface area (Å²) >= 11 is 0. The van der Waals surface area contributed by atoms with E-state index >= 15 is 0 Å². The van der Waals surface area contributed by atoms with Crippen LogP contribution in [0, 0.1) is 6.92 Å². The van der Waals surface area contributed by atoms with Crippen LogP contribution in [0.5, 0.6) is 0 Å². The third kappa shape index (κ3) is 6.13. The molecule has 7 nitrogen and oxygen atoms in total. The molecule has 1 saturated heterocycles. The molecule has 0 atom stereocenters. The Morgan fingerprint density at radius 1 is 1.00 bits per heavy atom. The third-order valence-corrected chi connectivity index (χ3v) is 7.19. The van der Waals surface area contributed by atoms with Crippen LogP contribution in [0.2, 0.25) is 0 Å². The summed E-state index contributed by atoms with van der Waals surface area (Å²) in [7, 11) is -3.63. The molecule has 33 heavy (non-hydrogen) atoms. The predicted molar refractivity (Wildman–Crippen MR) is 131 cm³/mol. The van der Waals surface area contributed by atoms with Gasteiger partial charge in [0.2, 0.25) is 15.9 Å². The Morgan fingerprint density at radius 3 is 2.18 bits per heavy atom. The van der Waals surface area contributed by atoms with Crippen LogP contribution in [-0.4, -0.2) is 68.5 Å². The summed E-state index contributed by atoms with van der Waals surface area (Å²) in [6.07, 6.45) is 3.25. The second-order valence-electron chi connectivity index (χ2n) is 8.53. The van der Waals surface area contributed by atoms with Gasteiger partial charge >= 0.3 is 0 Å². The fourth-order valence-electron chi connectivity index (χ4n) is 4.33. The van der Waals surface area contributed by atoms with Gasteiger partial charge in [-0.15, -0.1) is 0 Å². The van der Waals surface area contributed by atoms with Gasteiger partial charge in [-0.2, -0.15) is 0 Å². The number of anilines is 1. The van der Waals surface area contributed by atoms with Crippen molar-refractivity contribution < 1.29 is 18.0 Å². The van der Waals surface area contributed by atoms with Crippen molar-refractivity contribution in [2.45, 2.75) is 39.2 Å². The second kappa shape index (κ2) is 10.8. The van der Waals surface area contributed by atoms with E-state index < -0.39 is 10.0 Å². The molecule has 8 heteroatoms. The number of piperidine rings is 1. The van der Waals surface area contributed by atoms with Crippen molar-refractivity contribution in [1.29, 1.82) is 0 Å². The molecular formula is C25H33N3O4S. The van der Waals surface area contributed by atoms with Crippen LogP contribution in [0.15, 0.2) is 54.6 Å². The fourth-order valence-corrected chi connectivity index (χ4v) is 5.24. The summed E-state index contributed by atoms with van der Waals surface area (Å²) in [5.41, 5.74) is 1.98. The monoisotopic (exact) mass is 471 g/mol. The molecule has 0 saturated carbocycles. The summed E-state index contributed by atoms with van der Waals surface area (Å²) in [4.78, 5) is 29.7. The minimum atomic E-state index is -3.63.